The van der Waals surface area contributed by atoms with Gasteiger partial charge in [-0.3, -0.25) is 19.4 Å². The van der Waals surface area contributed by atoms with Gasteiger partial charge in [0.2, 0.25) is 0 Å². The van der Waals surface area contributed by atoms with E-state index in [4.69, 9.17) is 0 Å². The summed E-state index contributed by atoms with van der Waals surface area (Å²) in [5.74, 6) is -1.53. The highest BCUT2D eigenvalue weighted by atomic mass is 16.4. The van der Waals surface area contributed by atoms with Crippen molar-refractivity contribution in [2.45, 2.75) is 64.6 Å². The van der Waals surface area contributed by atoms with E-state index in [1.807, 2.05) is 44.2 Å². The summed E-state index contributed by atoms with van der Waals surface area (Å²) in [7, 11) is 0. The lowest BCUT2D eigenvalue weighted by molar-refractivity contribution is -0.138. The van der Waals surface area contributed by atoms with Gasteiger partial charge in [-0.2, -0.15) is 0 Å². The SMILES string of the molecule is Cc1ccc(NC(=O)N2CCN(C(=O)Nc3cccc(C)c3)C2C(=O)NC(CC(=O)O)C2CCCCC2)cc1. The monoisotopic (exact) mass is 535 g/mol. The molecular weight excluding hydrogens is 498 g/mol. The Morgan fingerprint density at radius 2 is 1.46 bits per heavy atom. The Bertz CT molecular complexity index is 1190. The first-order valence-corrected chi connectivity index (χ1v) is 13.5. The van der Waals surface area contributed by atoms with Gasteiger partial charge in [-0.1, -0.05) is 49.1 Å². The molecule has 2 aliphatic rings. The van der Waals surface area contributed by atoms with E-state index in [1.165, 1.54) is 9.80 Å². The van der Waals surface area contributed by atoms with Crippen molar-refractivity contribution in [3.05, 3.63) is 59.7 Å². The number of benzene rings is 2. The van der Waals surface area contributed by atoms with E-state index in [0.717, 1.165) is 43.2 Å². The predicted octanol–water partition coefficient (Wildman–Crippen LogP) is 4.55. The number of anilines is 2. The van der Waals surface area contributed by atoms with Crippen LogP contribution in [0.2, 0.25) is 0 Å². The molecule has 1 aliphatic carbocycles. The molecule has 1 saturated heterocycles. The van der Waals surface area contributed by atoms with Gasteiger partial charge in [-0.05, 0) is 62.4 Å². The van der Waals surface area contributed by atoms with Crippen LogP contribution in [0.5, 0.6) is 0 Å². The highest BCUT2D eigenvalue weighted by molar-refractivity contribution is 5.98. The largest absolute Gasteiger partial charge is 0.481 e. The van der Waals surface area contributed by atoms with E-state index >= 15 is 0 Å². The van der Waals surface area contributed by atoms with Crippen LogP contribution in [0.25, 0.3) is 0 Å². The van der Waals surface area contributed by atoms with Crippen molar-refractivity contribution in [3.63, 3.8) is 0 Å². The van der Waals surface area contributed by atoms with Gasteiger partial charge in [0.05, 0.1) is 6.42 Å². The molecule has 10 nitrogen and oxygen atoms in total. The number of carbonyl (C=O) groups is 4. The second kappa shape index (κ2) is 12.6. The maximum Gasteiger partial charge on any atom is 0.323 e. The summed E-state index contributed by atoms with van der Waals surface area (Å²) < 4.78 is 0. The molecule has 2 unspecified atom stereocenters. The van der Waals surface area contributed by atoms with Gasteiger partial charge in [-0.15, -0.1) is 0 Å². The molecule has 4 rings (SSSR count). The van der Waals surface area contributed by atoms with E-state index in [9.17, 15) is 24.3 Å². The third-order valence-corrected chi connectivity index (χ3v) is 7.44. The second-order valence-corrected chi connectivity index (χ2v) is 10.5. The quantitative estimate of drug-likeness (QED) is 0.413. The molecule has 2 aromatic carbocycles. The summed E-state index contributed by atoms with van der Waals surface area (Å²) in [6.45, 7) is 4.14. The molecule has 4 N–H and O–H groups in total. The number of carboxylic acids is 1. The molecule has 5 amide bonds. The van der Waals surface area contributed by atoms with Gasteiger partial charge in [0, 0.05) is 30.5 Å². The number of aliphatic carboxylic acids is 1. The van der Waals surface area contributed by atoms with Crippen molar-refractivity contribution in [1.82, 2.24) is 15.1 Å². The van der Waals surface area contributed by atoms with Crippen molar-refractivity contribution in [2.24, 2.45) is 5.92 Å². The van der Waals surface area contributed by atoms with Gasteiger partial charge >= 0.3 is 18.0 Å². The molecule has 10 heteroatoms. The zero-order valence-corrected chi connectivity index (χ0v) is 22.5. The molecule has 1 heterocycles. The molecule has 39 heavy (non-hydrogen) atoms. The smallest absolute Gasteiger partial charge is 0.323 e. The zero-order valence-electron chi connectivity index (χ0n) is 22.5. The zero-order chi connectivity index (χ0) is 27.9. The Balaban J connectivity index is 1.56. The Hall–Kier alpha value is -4.08. The Morgan fingerprint density at radius 1 is 0.846 bits per heavy atom. The summed E-state index contributed by atoms with van der Waals surface area (Å²) in [5.41, 5.74) is 3.15. The number of nitrogens with zero attached hydrogens (tertiary/aromatic N) is 2. The summed E-state index contributed by atoms with van der Waals surface area (Å²) in [5, 5.41) is 18.1. The Kier molecular flexibility index (Phi) is 9.06. The van der Waals surface area contributed by atoms with Crippen LogP contribution in [-0.4, -0.2) is 64.1 Å². The first-order valence-electron chi connectivity index (χ1n) is 13.5. The van der Waals surface area contributed by atoms with Crippen molar-refractivity contribution in [2.75, 3.05) is 23.7 Å². The average Bonchev–Trinajstić information content (AvgIpc) is 3.36. The number of urea groups is 2. The third kappa shape index (κ3) is 7.28. The molecule has 2 aromatic rings. The molecule has 0 bridgehead atoms. The lowest BCUT2D eigenvalue weighted by atomic mass is 9.82. The van der Waals surface area contributed by atoms with Crippen molar-refractivity contribution >= 4 is 35.3 Å². The van der Waals surface area contributed by atoms with E-state index in [2.05, 4.69) is 16.0 Å². The number of amides is 5. The number of nitrogens with one attached hydrogen (secondary N) is 3. The van der Waals surface area contributed by atoms with Crippen LogP contribution in [0, 0.1) is 19.8 Å². The van der Waals surface area contributed by atoms with Crippen LogP contribution in [0.15, 0.2) is 48.5 Å². The van der Waals surface area contributed by atoms with Crippen molar-refractivity contribution < 1.29 is 24.3 Å². The van der Waals surface area contributed by atoms with E-state index in [0.29, 0.717) is 11.4 Å². The van der Waals surface area contributed by atoms with Gasteiger partial charge in [0.25, 0.3) is 5.91 Å². The van der Waals surface area contributed by atoms with Crippen LogP contribution < -0.4 is 16.0 Å². The maximum atomic E-state index is 13.8. The highest BCUT2D eigenvalue weighted by Gasteiger charge is 2.44. The third-order valence-electron chi connectivity index (χ3n) is 7.44. The van der Waals surface area contributed by atoms with E-state index in [1.54, 1.807) is 18.2 Å². The lowest BCUT2D eigenvalue weighted by Gasteiger charge is -2.34. The Labute approximate surface area is 228 Å². The van der Waals surface area contributed by atoms with Crippen LogP contribution in [0.1, 0.15) is 49.7 Å². The fraction of sp³-hybridized carbons (Fsp3) is 0.448. The summed E-state index contributed by atoms with van der Waals surface area (Å²) in [4.78, 5) is 54.8. The van der Waals surface area contributed by atoms with Crippen molar-refractivity contribution in [3.8, 4) is 0 Å². The topological polar surface area (TPSA) is 131 Å². The fourth-order valence-electron chi connectivity index (χ4n) is 5.40. The highest BCUT2D eigenvalue weighted by Crippen LogP contribution is 2.29. The molecule has 2 atom stereocenters. The second-order valence-electron chi connectivity index (χ2n) is 10.5. The Morgan fingerprint density at radius 3 is 2.05 bits per heavy atom. The first-order chi connectivity index (χ1) is 18.7. The number of carboxylic acid groups (broad SMARTS) is 1. The maximum absolute atomic E-state index is 13.8. The molecule has 0 spiro atoms. The minimum Gasteiger partial charge on any atom is -0.481 e. The van der Waals surface area contributed by atoms with Gasteiger partial charge < -0.3 is 21.1 Å². The normalized spacial score (nSPS) is 18.4. The average molecular weight is 536 g/mol. The number of carbonyl (C=O) groups excluding carboxylic acids is 3. The van der Waals surface area contributed by atoms with E-state index < -0.39 is 36.1 Å². The predicted molar refractivity (Wildman–Crippen MR) is 148 cm³/mol. The summed E-state index contributed by atoms with van der Waals surface area (Å²) in [6.07, 6.45) is 3.27. The number of rotatable bonds is 7. The van der Waals surface area contributed by atoms with Crippen LogP contribution in [0.4, 0.5) is 21.0 Å². The molecule has 0 radical (unpaired) electrons. The van der Waals surface area contributed by atoms with Gasteiger partial charge in [0.15, 0.2) is 6.17 Å². The minimum absolute atomic E-state index is 0.0320. The number of hydrogen-bond acceptors (Lipinski definition) is 4. The minimum atomic E-state index is -1.24. The van der Waals surface area contributed by atoms with Gasteiger partial charge in [-0.25, -0.2) is 9.59 Å². The summed E-state index contributed by atoms with van der Waals surface area (Å²) in [6, 6.07) is 13.0. The molecular formula is C29H37N5O5. The summed E-state index contributed by atoms with van der Waals surface area (Å²) >= 11 is 0. The molecule has 0 aromatic heterocycles. The van der Waals surface area contributed by atoms with Crippen LogP contribution in [-0.2, 0) is 9.59 Å². The number of aryl methyl sites for hydroxylation is 2. The van der Waals surface area contributed by atoms with Crippen molar-refractivity contribution in [1.29, 1.82) is 0 Å². The molecule has 2 fully saturated rings. The molecule has 1 saturated carbocycles. The number of hydrogen-bond donors (Lipinski definition) is 4. The lowest BCUT2D eigenvalue weighted by Crippen LogP contribution is -2.58. The molecule has 208 valence electrons. The fourth-order valence-corrected chi connectivity index (χ4v) is 5.40. The first kappa shape index (κ1) is 27.9. The van der Waals surface area contributed by atoms with E-state index in [-0.39, 0.29) is 25.4 Å². The van der Waals surface area contributed by atoms with Crippen LogP contribution >= 0.6 is 0 Å². The van der Waals surface area contributed by atoms with Gasteiger partial charge in [0.1, 0.15) is 0 Å². The van der Waals surface area contributed by atoms with Crippen LogP contribution in [0.3, 0.4) is 0 Å². The molecule has 1 aliphatic heterocycles. The standard InChI is InChI=1S/C29H37N5O5/c1-19-11-13-22(14-12-19)30-28(38)33-15-16-34(29(39)31-23-10-6-7-20(2)17-23)27(33)26(37)32-24(18-25(35)36)21-8-4-3-5-9-21/h6-7,10-14,17,21,24,27H,3-5,8-9,15-16,18H2,1-2H3,(H,30,38)(H,31,39)(H,32,37)(H,35,36).